The molecule has 4 N–H and O–H groups in total. The first kappa shape index (κ1) is 15.4. The maximum absolute atomic E-state index is 12.6. The number of hydrogen-bond acceptors (Lipinski definition) is 3. The first-order valence-corrected chi connectivity index (χ1v) is 7.30. The van der Waals surface area contributed by atoms with E-state index in [1.165, 1.54) is 0 Å². The Labute approximate surface area is 125 Å². The monoisotopic (exact) mass is 289 g/mol. The van der Waals surface area contributed by atoms with E-state index in [9.17, 15) is 4.79 Å². The number of oxime groups is 1. The van der Waals surface area contributed by atoms with Crippen molar-refractivity contribution in [2.24, 2.45) is 16.8 Å². The summed E-state index contributed by atoms with van der Waals surface area (Å²) >= 11 is 0. The number of amides is 1. The van der Waals surface area contributed by atoms with Crippen LogP contribution in [0.2, 0.25) is 0 Å². The van der Waals surface area contributed by atoms with Crippen molar-refractivity contribution in [3.05, 3.63) is 34.4 Å². The van der Waals surface area contributed by atoms with Gasteiger partial charge in [0.25, 0.3) is 5.91 Å². The van der Waals surface area contributed by atoms with E-state index in [4.69, 9.17) is 10.9 Å². The molecule has 1 aromatic rings. The van der Waals surface area contributed by atoms with Crippen LogP contribution >= 0.6 is 0 Å². The second kappa shape index (κ2) is 6.16. The molecular weight excluding hydrogens is 266 g/mol. The molecular formula is C16H23N3O2. The van der Waals surface area contributed by atoms with Crippen molar-refractivity contribution in [2.45, 2.75) is 46.1 Å². The van der Waals surface area contributed by atoms with Crippen molar-refractivity contribution in [1.82, 2.24) is 5.32 Å². The number of amidine groups is 1. The molecule has 1 aromatic carbocycles. The quantitative estimate of drug-likeness (QED) is 0.345. The Morgan fingerprint density at radius 3 is 2.48 bits per heavy atom. The molecule has 1 aliphatic rings. The van der Waals surface area contributed by atoms with Crippen molar-refractivity contribution in [2.75, 3.05) is 0 Å². The summed E-state index contributed by atoms with van der Waals surface area (Å²) in [5, 5.41) is 15.0. The van der Waals surface area contributed by atoms with E-state index in [2.05, 4.69) is 10.5 Å². The molecule has 1 aliphatic carbocycles. The number of benzene rings is 1. The van der Waals surface area contributed by atoms with Crippen LogP contribution in [0.3, 0.4) is 0 Å². The van der Waals surface area contributed by atoms with Gasteiger partial charge in [-0.05, 0) is 44.7 Å². The molecule has 0 heterocycles. The number of nitrogens with one attached hydrogen (secondary N) is 1. The molecule has 2 unspecified atom stereocenters. The average molecular weight is 289 g/mol. The van der Waals surface area contributed by atoms with Crippen molar-refractivity contribution in [3.8, 4) is 0 Å². The lowest BCUT2D eigenvalue weighted by molar-refractivity contribution is 0.0932. The molecule has 0 saturated heterocycles. The fraction of sp³-hybridized carbons (Fsp3) is 0.500. The number of nitrogens with two attached hydrogens (primary N) is 1. The van der Waals surface area contributed by atoms with Crippen LogP contribution in [0.1, 0.15) is 46.3 Å². The minimum atomic E-state index is -0.0787. The molecule has 2 atom stereocenters. The van der Waals surface area contributed by atoms with E-state index in [0.717, 1.165) is 41.5 Å². The van der Waals surface area contributed by atoms with E-state index >= 15 is 0 Å². The Bertz CT molecular complexity index is 558. The van der Waals surface area contributed by atoms with Gasteiger partial charge in [-0.3, -0.25) is 4.79 Å². The SMILES string of the molecule is Cc1cc(C)c(C(=O)NC2CCCC2C(N)=NO)c(C)c1. The van der Waals surface area contributed by atoms with E-state index in [-0.39, 0.29) is 23.7 Å². The zero-order valence-electron chi connectivity index (χ0n) is 12.8. The largest absolute Gasteiger partial charge is 0.409 e. The Morgan fingerprint density at radius 1 is 1.29 bits per heavy atom. The first-order chi connectivity index (χ1) is 9.93. The molecule has 5 nitrogen and oxygen atoms in total. The topological polar surface area (TPSA) is 87.7 Å². The van der Waals surface area contributed by atoms with Gasteiger partial charge in [0.15, 0.2) is 0 Å². The molecule has 1 fully saturated rings. The van der Waals surface area contributed by atoms with Crippen LogP contribution in [0, 0.1) is 26.7 Å². The van der Waals surface area contributed by atoms with Gasteiger partial charge in [0.05, 0.1) is 0 Å². The van der Waals surface area contributed by atoms with Gasteiger partial charge < -0.3 is 16.3 Å². The Balaban J connectivity index is 2.19. The third kappa shape index (κ3) is 3.17. The Hall–Kier alpha value is -2.04. The fourth-order valence-corrected chi connectivity index (χ4v) is 3.34. The standard InChI is InChI=1S/C16H23N3O2/c1-9-7-10(2)14(11(3)8-9)16(20)18-13-6-4-5-12(13)15(17)19-21/h7-8,12-13,21H,4-6H2,1-3H3,(H2,17,19)(H,18,20). The van der Waals surface area contributed by atoms with Gasteiger partial charge in [0, 0.05) is 17.5 Å². The van der Waals surface area contributed by atoms with Gasteiger partial charge in [-0.1, -0.05) is 29.3 Å². The minimum Gasteiger partial charge on any atom is -0.409 e. The molecule has 1 amide bonds. The van der Waals surface area contributed by atoms with E-state index < -0.39 is 0 Å². The lowest BCUT2D eigenvalue weighted by Gasteiger charge is -2.21. The first-order valence-electron chi connectivity index (χ1n) is 7.30. The van der Waals surface area contributed by atoms with Gasteiger partial charge in [-0.2, -0.15) is 0 Å². The maximum Gasteiger partial charge on any atom is 0.252 e. The highest BCUT2D eigenvalue weighted by atomic mass is 16.4. The fourth-order valence-electron chi connectivity index (χ4n) is 3.34. The van der Waals surface area contributed by atoms with Crippen LogP contribution in [0.15, 0.2) is 17.3 Å². The van der Waals surface area contributed by atoms with Crippen LogP contribution in [0.5, 0.6) is 0 Å². The summed E-state index contributed by atoms with van der Waals surface area (Å²) in [5.74, 6) is 0.0489. The molecule has 0 aromatic heterocycles. The van der Waals surface area contributed by atoms with Crippen molar-refractivity contribution in [3.63, 3.8) is 0 Å². The highest BCUT2D eigenvalue weighted by molar-refractivity contribution is 5.97. The summed E-state index contributed by atoms with van der Waals surface area (Å²) in [6.45, 7) is 5.92. The second-order valence-electron chi connectivity index (χ2n) is 5.92. The van der Waals surface area contributed by atoms with Crippen LogP contribution < -0.4 is 11.1 Å². The molecule has 1 saturated carbocycles. The summed E-state index contributed by atoms with van der Waals surface area (Å²) in [4.78, 5) is 12.6. The number of nitrogens with zero attached hydrogens (tertiary/aromatic N) is 1. The Kier molecular flexibility index (Phi) is 4.50. The molecule has 2 rings (SSSR count). The summed E-state index contributed by atoms with van der Waals surface area (Å²) < 4.78 is 0. The lowest BCUT2D eigenvalue weighted by atomic mass is 9.97. The van der Waals surface area contributed by atoms with E-state index in [1.807, 2.05) is 32.9 Å². The highest BCUT2D eigenvalue weighted by Crippen LogP contribution is 2.26. The minimum absolute atomic E-state index is 0.0616. The summed E-state index contributed by atoms with van der Waals surface area (Å²) in [6, 6.07) is 3.96. The van der Waals surface area contributed by atoms with Crippen LogP contribution in [-0.2, 0) is 0 Å². The van der Waals surface area contributed by atoms with Crippen LogP contribution in [-0.4, -0.2) is 23.0 Å². The van der Waals surface area contributed by atoms with Gasteiger partial charge >= 0.3 is 0 Å². The summed E-state index contributed by atoms with van der Waals surface area (Å²) in [5.41, 5.74) is 9.54. The Morgan fingerprint density at radius 2 is 1.90 bits per heavy atom. The van der Waals surface area contributed by atoms with Crippen molar-refractivity contribution >= 4 is 11.7 Å². The number of aryl methyl sites for hydroxylation is 3. The molecule has 21 heavy (non-hydrogen) atoms. The normalized spacial score (nSPS) is 22.3. The highest BCUT2D eigenvalue weighted by Gasteiger charge is 2.32. The maximum atomic E-state index is 12.6. The number of hydrogen-bond donors (Lipinski definition) is 3. The van der Waals surface area contributed by atoms with E-state index in [0.29, 0.717) is 0 Å². The average Bonchev–Trinajstić information content (AvgIpc) is 2.84. The van der Waals surface area contributed by atoms with Gasteiger partial charge in [0.1, 0.15) is 5.84 Å². The molecule has 0 aliphatic heterocycles. The zero-order chi connectivity index (χ0) is 15.6. The number of rotatable bonds is 3. The van der Waals surface area contributed by atoms with Crippen LogP contribution in [0.4, 0.5) is 0 Å². The predicted octanol–water partition coefficient (Wildman–Crippen LogP) is 2.26. The lowest BCUT2D eigenvalue weighted by Crippen LogP contribution is -2.42. The number of carbonyl (C=O) groups excluding carboxylic acids is 1. The van der Waals surface area contributed by atoms with Gasteiger partial charge in [-0.25, -0.2) is 0 Å². The van der Waals surface area contributed by atoms with E-state index in [1.54, 1.807) is 0 Å². The second-order valence-corrected chi connectivity index (χ2v) is 5.92. The zero-order valence-corrected chi connectivity index (χ0v) is 12.8. The number of carbonyl (C=O) groups is 1. The summed E-state index contributed by atoms with van der Waals surface area (Å²) in [7, 11) is 0. The van der Waals surface area contributed by atoms with Crippen molar-refractivity contribution < 1.29 is 10.0 Å². The van der Waals surface area contributed by atoms with Crippen LogP contribution in [0.25, 0.3) is 0 Å². The molecule has 0 spiro atoms. The van der Waals surface area contributed by atoms with Crippen molar-refractivity contribution in [1.29, 1.82) is 0 Å². The molecule has 0 bridgehead atoms. The van der Waals surface area contributed by atoms with Gasteiger partial charge in [0.2, 0.25) is 0 Å². The van der Waals surface area contributed by atoms with Gasteiger partial charge in [-0.15, -0.1) is 0 Å². The molecule has 5 heteroatoms. The summed E-state index contributed by atoms with van der Waals surface area (Å²) in [6.07, 6.45) is 2.67. The molecule has 0 radical (unpaired) electrons. The third-order valence-electron chi connectivity index (χ3n) is 4.23. The third-order valence-corrected chi connectivity index (χ3v) is 4.23. The predicted molar refractivity (Wildman–Crippen MR) is 82.7 cm³/mol. The smallest absolute Gasteiger partial charge is 0.252 e. The molecule has 114 valence electrons.